The number of carboxylic acids is 1. The van der Waals surface area contributed by atoms with Gasteiger partial charge in [-0.25, -0.2) is 8.42 Å². The first kappa shape index (κ1) is 21.8. The van der Waals surface area contributed by atoms with Crippen LogP contribution in [0, 0.1) is 10.1 Å². The normalized spacial score (nSPS) is 19.5. The van der Waals surface area contributed by atoms with E-state index in [1.54, 1.807) is 24.3 Å². The summed E-state index contributed by atoms with van der Waals surface area (Å²) in [5.74, 6) is -0.997. The molecule has 1 heterocycles. The fourth-order valence-electron chi connectivity index (χ4n) is 3.16. The smallest absolute Gasteiger partial charge is 0.320 e. The van der Waals surface area contributed by atoms with Gasteiger partial charge in [0.2, 0.25) is 0 Å². The summed E-state index contributed by atoms with van der Waals surface area (Å²) in [5.41, 5.74) is 0.530. The average molecular weight is 435 g/mol. The van der Waals surface area contributed by atoms with Crippen molar-refractivity contribution in [3.8, 4) is 0 Å². The van der Waals surface area contributed by atoms with Crippen molar-refractivity contribution in [2.24, 2.45) is 0 Å². The highest BCUT2D eigenvalue weighted by atomic mass is 32.2. The minimum Gasteiger partial charge on any atom is -0.480 e. The van der Waals surface area contributed by atoms with Gasteiger partial charge < -0.3 is 10.4 Å². The molecule has 0 unspecified atom stereocenters. The second kappa shape index (κ2) is 9.30. The van der Waals surface area contributed by atoms with Crippen molar-refractivity contribution in [2.45, 2.75) is 36.4 Å². The van der Waals surface area contributed by atoms with Crippen LogP contribution in [0.4, 0.5) is 5.69 Å². The Morgan fingerprint density at radius 2 is 1.83 bits per heavy atom. The van der Waals surface area contributed by atoms with Crippen LogP contribution in [0.15, 0.2) is 59.5 Å². The van der Waals surface area contributed by atoms with Crippen LogP contribution in [-0.4, -0.2) is 47.5 Å². The zero-order chi connectivity index (χ0) is 21.7. The molecule has 0 aromatic heterocycles. The fourth-order valence-corrected chi connectivity index (χ4v) is 4.61. The molecular formula is C19H21N3O7S. The maximum absolute atomic E-state index is 13.2. The van der Waals surface area contributed by atoms with Crippen molar-refractivity contribution < 1.29 is 28.1 Å². The third kappa shape index (κ3) is 5.00. The van der Waals surface area contributed by atoms with Crippen LogP contribution >= 0.6 is 0 Å². The lowest BCUT2D eigenvalue weighted by Gasteiger charge is -2.34. The predicted molar refractivity (Wildman–Crippen MR) is 106 cm³/mol. The number of hydrogen-bond acceptors (Lipinski definition) is 7. The molecule has 2 aromatic carbocycles. The number of nitrogens with one attached hydrogen (secondary N) is 1. The number of aliphatic carboxylic acids is 1. The summed E-state index contributed by atoms with van der Waals surface area (Å²) < 4.78 is 27.4. The van der Waals surface area contributed by atoms with Gasteiger partial charge in [-0.3, -0.25) is 19.7 Å². The zero-order valence-corrected chi connectivity index (χ0v) is 16.7. The van der Waals surface area contributed by atoms with Crippen LogP contribution in [0.25, 0.3) is 0 Å². The second-order valence-electron chi connectivity index (χ2n) is 6.80. The summed E-state index contributed by atoms with van der Waals surface area (Å²) in [6.07, 6.45) is 0.520. The molecule has 2 N–H and O–H groups in total. The van der Waals surface area contributed by atoms with E-state index in [4.69, 9.17) is 9.94 Å². The number of nitrogens with zero attached hydrogens (tertiary/aromatic N) is 2. The van der Waals surface area contributed by atoms with E-state index < -0.39 is 33.0 Å². The number of non-ortho nitro benzene ring substituents is 1. The maximum atomic E-state index is 13.2. The average Bonchev–Trinajstić information content (AvgIpc) is 2.75. The monoisotopic (exact) mass is 435 g/mol. The molecule has 2 atom stereocenters. The summed E-state index contributed by atoms with van der Waals surface area (Å²) in [6.45, 7) is 0.0872. The molecule has 160 valence electrons. The Hall–Kier alpha value is -2.86. The molecule has 10 nitrogen and oxygen atoms in total. The molecule has 0 aliphatic carbocycles. The van der Waals surface area contributed by atoms with Crippen molar-refractivity contribution in [1.82, 2.24) is 9.79 Å². The number of piperidine rings is 1. The van der Waals surface area contributed by atoms with E-state index in [2.05, 4.69) is 5.32 Å². The molecule has 1 saturated heterocycles. The standard InChI is InChI=1S/C19H21N3O7S/c23-19(24)18-11-8-16(12-20-18)22(29-13-14-4-2-1-3-5-14)30(27,28)17-9-6-15(7-10-17)21(25)26/h1-7,9-10,16,18,20H,8,11-13H2,(H,23,24)/t16-,18+/m1/s1. The Kier molecular flexibility index (Phi) is 6.77. The molecule has 0 radical (unpaired) electrons. The van der Waals surface area contributed by atoms with Crippen LogP contribution in [0.1, 0.15) is 18.4 Å². The quantitative estimate of drug-likeness (QED) is 0.474. The van der Waals surface area contributed by atoms with Crippen LogP contribution in [0.3, 0.4) is 0 Å². The zero-order valence-electron chi connectivity index (χ0n) is 15.9. The van der Waals surface area contributed by atoms with Gasteiger partial charge in [0.1, 0.15) is 6.04 Å². The number of carboxylic acid groups (broad SMARTS) is 1. The highest BCUT2D eigenvalue weighted by Crippen LogP contribution is 2.25. The van der Waals surface area contributed by atoms with Crippen molar-refractivity contribution in [3.05, 3.63) is 70.3 Å². The van der Waals surface area contributed by atoms with Crippen LogP contribution in [0.2, 0.25) is 0 Å². The molecule has 0 spiro atoms. The van der Waals surface area contributed by atoms with Gasteiger partial charge in [0.05, 0.1) is 22.5 Å². The second-order valence-corrected chi connectivity index (χ2v) is 8.58. The maximum Gasteiger partial charge on any atom is 0.320 e. The number of benzene rings is 2. The molecule has 30 heavy (non-hydrogen) atoms. The number of carbonyl (C=O) groups is 1. The summed E-state index contributed by atoms with van der Waals surface area (Å²) in [6, 6.07) is 12.2. The summed E-state index contributed by atoms with van der Waals surface area (Å²) in [7, 11) is -4.15. The Morgan fingerprint density at radius 1 is 1.17 bits per heavy atom. The highest BCUT2D eigenvalue weighted by Gasteiger charge is 2.37. The van der Waals surface area contributed by atoms with E-state index in [1.807, 2.05) is 6.07 Å². The van der Waals surface area contributed by atoms with E-state index in [9.17, 15) is 23.3 Å². The molecule has 11 heteroatoms. The molecule has 1 aliphatic heterocycles. The van der Waals surface area contributed by atoms with Gasteiger partial charge in [0, 0.05) is 18.7 Å². The summed E-state index contributed by atoms with van der Waals surface area (Å²) in [4.78, 5) is 26.9. The Balaban J connectivity index is 1.85. The number of sulfonamides is 1. The molecular weight excluding hydrogens is 414 g/mol. The lowest BCUT2D eigenvalue weighted by molar-refractivity contribution is -0.384. The Morgan fingerprint density at radius 3 is 2.37 bits per heavy atom. The van der Waals surface area contributed by atoms with Gasteiger partial charge >= 0.3 is 5.97 Å². The van der Waals surface area contributed by atoms with Crippen molar-refractivity contribution in [1.29, 1.82) is 0 Å². The largest absolute Gasteiger partial charge is 0.480 e. The minimum absolute atomic E-state index is 0.00803. The first-order chi connectivity index (χ1) is 14.3. The van der Waals surface area contributed by atoms with E-state index >= 15 is 0 Å². The SMILES string of the molecule is O=C(O)[C@@H]1CC[C@@H](N(OCc2ccccc2)S(=O)(=O)c2ccc([N+](=O)[O-])cc2)CN1. The molecule has 0 saturated carbocycles. The van der Waals surface area contributed by atoms with Crippen LogP contribution in [-0.2, 0) is 26.3 Å². The first-order valence-corrected chi connectivity index (χ1v) is 10.6. The van der Waals surface area contributed by atoms with Gasteiger partial charge in [-0.2, -0.15) is 0 Å². The van der Waals surface area contributed by atoms with Crippen LogP contribution < -0.4 is 5.32 Å². The van der Waals surface area contributed by atoms with Gasteiger partial charge in [-0.1, -0.05) is 34.8 Å². The third-order valence-electron chi connectivity index (χ3n) is 4.77. The van der Waals surface area contributed by atoms with Gasteiger partial charge in [-0.05, 0) is 30.5 Å². The van der Waals surface area contributed by atoms with E-state index in [0.717, 1.165) is 34.3 Å². The fraction of sp³-hybridized carbons (Fsp3) is 0.316. The molecule has 2 aromatic rings. The number of hydrogen-bond donors (Lipinski definition) is 2. The third-order valence-corrected chi connectivity index (χ3v) is 6.51. The molecule has 0 amide bonds. The van der Waals surface area contributed by atoms with E-state index in [1.165, 1.54) is 0 Å². The lowest BCUT2D eigenvalue weighted by atomic mass is 10.0. The minimum atomic E-state index is -4.15. The number of nitro benzene ring substituents is 1. The van der Waals surface area contributed by atoms with Crippen molar-refractivity contribution in [2.75, 3.05) is 6.54 Å². The van der Waals surface area contributed by atoms with E-state index in [-0.39, 0.29) is 36.6 Å². The summed E-state index contributed by atoms with van der Waals surface area (Å²) in [5, 5.41) is 22.8. The van der Waals surface area contributed by atoms with Gasteiger partial charge in [-0.15, -0.1) is 0 Å². The molecule has 0 bridgehead atoms. The van der Waals surface area contributed by atoms with Gasteiger partial charge in [0.15, 0.2) is 0 Å². The summed E-state index contributed by atoms with van der Waals surface area (Å²) >= 11 is 0. The highest BCUT2D eigenvalue weighted by molar-refractivity contribution is 7.89. The first-order valence-electron chi connectivity index (χ1n) is 9.21. The topological polar surface area (TPSA) is 139 Å². The number of rotatable bonds is 8. The Bertz CT molecular complexity index is 989. The number of hydroxylamine groups is 1. The van der Waals surface area contributed by atoms with Gasteiger partial charge in [0.25, 0.3) is 15.7 Å². The number of nitro groups is 1. The van der Waals surface area contributed by atoms with E-state index in [0.29, 0.717) is 0 Å². The van der Waals surface area contributed by atoms with Crippen molar-refractivity contribution >= 4 is 21.7 Å². The molecule has 1 fully saturated rings. The Labute approximate surface area is 173 Å². The predicted octanol–water partition coefficient (Wildman–Crippen LogP) is 1.92. The van der Waals surface area contributed by atoms with Crippen molar-refractivity contribution in [3.63, 3.8) is 0 Å². The molecule has 1 aliphatic rings. The molecule has 3 rings (SSSR count). The lowest BCUT2D eigenvalue weighted by Crippen LogP contribution is -2.53. The van der Waals surface area contributed by atoms with Crippen LogP contribution in [0.5, 0.6) is 0 Å².